The van der Waals surface area contributed by atoms with Gasteiger partial charge in [-0.15, -0.1) is 0 Å². The minimum Gasteiger partial charge on any atom is -0.493 e. The fourth-order valence-electron chi connectivity index (χ4n) is 2.62. The number of nitrogens with one attached hydrogen (secondary N) is 1. The average molecular weight is 451 g/mol. The van der Waals surface area contributed by atoms with Gasteiger partial charge in [-0.25, -0.2) is 0 Å². The van der Waals surface area contributed by atoms with Gasteiger partial charge in [0.2, 0.25) is 0 Å². The van der Waals surface area contributed by atoms with Crippen LogP contribution in [-0.4, -0.2) is 12.5 Å². The zero-order valence-corrected chi connectivity index (χ0v) is 17.8. The summed E-state index contributed by atoms with van der Waals surface area (Å²) in [5.41, 5.74) is 1.73. The van der Waals surface area contributed by atoms with E-state index in [9.17, 15) is 4.79 Å². The molecule has 7 heteroatoms. The van der Waals surface area contributed by atoms with Crippen LogP contribution in [0.4, 0.5) is 5.69 Å². The van der Waals surface area contributed by atoms with Crippen molar-refractivity contribution in [2.45, 2.75) is 13.5 Å². The summed E-state index contributed by atoms with van der Waals surface area (Å²) in [5, 5.41) is 4.10. The lowest BCUT2D eigenvalue weighted by atomic mass is 10.1. The van der Waals surface area contributed by atoms with E-state index in [1.54, 1.807) is 48.5 Å². The first-order chi connectivity index (χ1) is 14.0. The SMILES string of the molecule is CCOc1ccc(C(=O)Nc2ccc(Cl)c(Cl)c2)cc1COc1ccccc1Cl. The highest BCUT2D eigenvalue weighted by atomic mass is 35.5. The largest absolute Gasteiger partial charge is 0.493 e. The van der Waals surface area contributed by atoms with Crippen LogP contribution in [0.5, 0.6) is 11.5 Å². The molecule has 0 bridgehead atoms. The quantitative estimate of drug-likeness (QED) is 0.427. The summed E-state index contributed by atoms with van der Waals surface area (Å²) in [5.74, 6) is 0.915. The Bertz CT molecular complexity index is 1020. The molecule has 0 aromatic heterocycles. The summed E-state index contributed by atoms with van der Waals surface area (Å²) < 4.78 is 11.5. The monoisotopic (exact) mass is 449 g/mol. The lowest BCUT2D eigenvalue weighted by Gasteiger charge is -2.14. The maximum absolute atomic E-state index is 12.7. The maximum atomic E-state index is 12.7. The number of anilines is 1. The standard InChI is InChI=1S/C22H18Cl3NO3/c1-2-28-20-10-7-14(22(27)26-16-8-9-17(23)19(25)12-16)11-15(20)13-29-21-6-4-3-5-18(21)24/h3-12H,2,13H2,1H3,(H,26,27). The molecule has 29 heavy (non-hydrogen) atoms. The van der Waals surface area contributed by atoms with Crippen LogP contribution >= 0.6 is 34.8 Å². The third kappa shape index (κ3) is 5.57. The Morgan fingerprint density at radius 1 is 0.862 bits per heavy atom. The molecule has 3 aromatic carbocycles. The number of benzene rings is 3. The van der Waals surface area contributed by atoms with Gasteiger partial charge >= 0.3 is 0 Å². The topological polar surface area (TPSA) is 47.6 Å². The van der Waals surface area contributed by atoms with Crippen LogP contribution in [0.1, 0.15) is 22.8 Å². The smallest absolute Gasteiger partial charge is 0.255 e. The van der Waals surface area contributed by atoms with Gasteiger partial charge in [0.25, 0.3) is 5.91 Å². The fourth-order valence-corrected chi connectivity index (χ4v) is 3.11. The molecule has 1 N–H and O–H groups in total. The van der Waals surface area contributed by atoms with E-state index >= 15 is 0 Å². The highest BCUT2D eigenvalue weighted by molar-refractivity contribution is 6.42. The molecule has 0 aliphatic rings. The molecule has 1 amide bonds. The summed E-state index contributed by atoms with van der Waals surface area (Å²) in [6.07, 6.45) is 0. The van der Waals surface area contributed by atoms with Crippen molar-refractivity contribution in [2.24, 2.45) is 0 Å². The van der Waals surface area contributed by atoms with Crippen LogP contribution in [0.25, 0.3) is 0 Å². The van der Waals surface area contributed by atoms with Crippen molar-refractivity contribution in [2.75, 3.05) is 11.9 Å². The number of para-hydroxylation sites is 1. The molecule has 0 heterocycles. The van der Waals surface area contributed by atoms with Gasteiger partial charge in [0.1, 0.15) is 18.1 Å². The Hall–Kier alpha value is -2.40. The third-order valence-corrected chi connectivity index (χ3v) is 5.07. The van der Waals surface area contributed by atoms with Gasteiger partial charge in [0, 0.05) is 16.8 Å². The first kappa shape index (κ1) is 21.3. The van der Waals surface area contributed by atoms with Crippen molar-refractivity contribution >= 4 is 46.4 Å². The third-order valence-electron chi connectivity index (χ3n) is 4.02. The number of carbonyl (C=O) groups is 1. The van der Waals surface area contributed by atoms with Crippen molar-refractivity contribution in [3.8, 4) is 11.5 Å². The molecule has 0 radical (unpaired) electrons. The molecule has 0 saturated carbocycles. The lowest BCUT2D eigenvalue weighted by Crippen LogP contribution is -2.13. The molecular weight excluding hydrogens is 433 g/mol. The van der Waals surface area contributed by atoms with Crippen molar-refractivity contribution in [1.29, 1.82) is 0 Å². The van der Waals surface area contributed by atoms with E-state index in [0.29, 0.717) is 44.4 Å². The molecule has 150 valence electrons. The van der Waals surface area contributed by atoms with E-state index in [1.165, 1.54) is 0 Å². The summed E-state index contributed by atoms with van der Waals surface area (Å²) in [6, 6.07) is 17.3. The van der Waals surface area contributed by atoms with E-state index in [4.69, 9.17) is 44.3 Å². The first-order valence-electron chi connectivity index (χ1n) is 8.87. The second kappa shape index (κ2) is 9.88. The van der Waals surface area contributed by atoms with Crippen LogP contribution in [0.2, 0.25) is 15.1 Å². The fraction of sp³-hybridized carbons (Fsp3) is 0.136. The molecular formula is C22H18Cl3NO3. The van der Waals surface area contributed by atoms with Crippen molar-refractivity contribution in [3.63, 3.8) is 0 Å². The molecule has 0 aliphatic carbocycles. The molecule has 0 spiro atoms. The van der Waals surface area contributed by atoms with Crippen LogP contribution < -0.4 is 14.8 Å². The zero-order chi connectivity index (χ0) is 20.8. The van der Waals surface area contributed by atoms with E-state index < -0.39 is 0 Å². The van der Waals surface area contributed by atoms with E-state index in [1.807, 2.05) is 19.1 Å². The Morgan fingerprint density at radius 3 is 2.38 bits per heavy atom. The Balaban J connectivity index is 1.80. The molecule has 4 nitrogen and oxygen atoms in total. The normalized spacial score (nSPS) is 10.5. The number of carbonyl (C=O) groups excluding carboxylic acids is 1. The molecule has 0 fully saturated rings. The van der Waals surface area contributed by atoms with Gasteiger partial charge in [-0.1, -0.05) is 46.9 Å². The Morgan fingerprint density at radius 2 is 1.66 bits per heavy atom. The second-order valence-electron chi connectivity index (χ2n) is 6.06. The Labute approximate surface area is 184 Å². The second-order valence-corrected chi connectivity index (χ2v) is 7.28. The predicted molar refractivity (Wildman–Crippen MR) is 118 cm³/mol. The highest BCUT2D eigenvalue weighted by Crippen LogP contribution is 2.28. The molecule has 0 atom stereocenters. The van der Waals surface area contributed by atoms with Crippen LogP contribution in [0, 0.1) is 0 Å². The molecule has 3 rings (SSSR count). The number of amides is 1. The molecule has 0 unspecified atom stereocenters. The number of hydrogen-bond acceptors (Lipinski definition) is 3. The molecule has 0 aliphatic heterocycles. The van der Waals surface area contributed by atoms with E-state index in [0.717, 1.165) is 5.56 Å². The van der Waals surface area contributed by atoms with E-state index in [-0.39, 0.29) is 12.5 Å². The zero-order valence-electron chi connectivity index (χ0n) is 15.5. The number of hydrogen-bond donors (Lipinski definition) is 1. The number of halogens is 3. The first-order valence-corrected chi connectivity index (χ1v) is 10.0. The van der Waals surface area contributed by atoms with Crippen molar-refractivity contribution in [3.05, 3.63) is 86.9 Å². The predicted octanol–water partition coefficient (Wildman–Crippen LogP) is 6.88. The summed E-state index contributed by atoms with van der Waals surface area (Å²) in [6.45, 7) is 2.59. The number of ether oxygens (including phenoxy) is 2. The Kier molecular flexibility index (Phi) is 7.26. The van der Waals surface area contributed by atoms with Gasteiger partial charge in [-0.3, -0.25) is 4.79 Å². The van der Waals surface area contributed by atoms with Crippen LogP contribution in [-0.2, 0) is 6.61 Å². The van der Waals surface area contributed by atoms with Crippen molar-refractivity contribution < 1.29 is 14.3 Å². The molecule has 3 aromatic rings. The highest BCUT2D eigenvalue weighted by Gasteiger charge is 2.13. The minimum atomic E-state index is -0.287. The van der Waals surface area contributed by atoms with Gasteiger partial charge in [0.05, 0.1) is 21.7 Å². The van der Waals surface area contributed by atoms with Gasteiger partial charge in [-0.05, 0) is 55.5 Å². The maximum Gasteiger partial charge on any atom is 0.255 e. The van der Waals surface area contributed by atoms with Gasteiger partial charge in [0.15, 0.2) is 0 Å². The minimum absolute atomic E-state index is 0.201. The summed E-state index contributed by atoms with van der Waals surface area (Å²) >= 11 is 18.1. The van der Waals surface area contributed by atoms with Gasteiger partial charge in [-0.2, -0.15) is 0 Å². The average Bonchev–Trinajstić information content (AvgIpc) is 2.71. The molecule has 0 saturated heterocycles. The summed E-state index contributed by atoms with van der Waals surface area (Å²) in [7, 11) is 0. The van der Waals surface area contributed by atoms with Gasteiger partial charge < -0.3 is 14.8 Å². The van der Waals surface area contributed by atoms with Crippen LogP contribution in [0.15, 0.2) is 60.7 Å². The van der Waals surface area contributed by atoms with E-state index in [2.05, 4.69) is 5.32 Å². The summed E-state index contributed by atoms with van der Waals surface area (Å²) in [4.78, 5) is 12.7. The van der Waals surface area contributed by atoms with Crippen LogP contribution in [0.3, 0.4) is 0 Å². The number of rotatable bonds is 7. The lowest BCUT2D eigenvalue weighted by molar-refractivity contribution is 0.102. The van der Waals surface area contributed by atoms with Crippen molar-refractivity contribution in [1.82, 2.24) is 0 Å².